The molecular weight excluding hydrogens is 158 g/mol. The van der Waals surface area contributed by atoms with Crippen molar-refractivity contribution in [3.8, 4) is 0 Å². The van der Waals surface area contributed by atoms with Crippen LogP contribution in [0.4, 0.5) is 5.82 Å². The zero-order valence-electron chi connectivity index (χ0n) is 6.66. The van der Waals surface area contributed by atoms with Gasteiger partial charge in [-0.3, -0.25) is 0 Å². The Kier molecular flexibility index (Phi) is 1.33. The molecule has 0 radical (unpaired) electrons. The summed E-state index contributed by atoms with van der Waals surface area (Å²) in [5, 5.41) is 8.62. The highest BCUT2D eigenvalue weighted by molar-refractivity contribution is 5.84. The fourth-order valence-electron chi connectivity index (χ4n) is 1.38. The van der Waals surface area contributed by atoms with Gasteiger partial charge in [-0.15, -0.1) is 0 Å². The molecule has 64 valence electrons. The van der Waals surface area contributed by atoms with Gasteiger partial charge in [-0.2, -0.15) is 0 Å². The Hall–Kier alpha value is -1.52. The maximum Gasteiger partial charge on any atom is 0.371 e. The van der Waals surface area contributed by atoms with Gasteiger partial charge in [0, 0.05) is 20.0 Å². The fourth-order valence-corrected chi connectivity index (χ4v) is 1.38. The molecule has 0 aliphatic carbocycles. The Morgan fingerprint density at radius 2 is 2.50 bits per heavy atom. The Labute approximate surface area is 69.0 Å². The molecule has 12 heavy (non-hydrogen) atoms. The number of aromatic amines is 1. The van der Waals surface area contributed by atoms with Gasteiger partial charge in [-0.25, -0.2) is 9.78 Å². The topological polar surface area (TPSA) is 69.2 Å². The molecule has 2 N–H and O–H groups in total. The summed E-state index contributed by atoms with van der Waals surface area (Å²) in [4.78, 5) is 19.2. The van der Waals surface area contributed by atoms with Crippen molar-refractivity contribution in [2.75, 3.05) is 18.5 Å². The monoisotopic (exact) mass is 167 g/mol. The number of carbonyl (C=O) groups is 1. The third-order valence-electron chi connectivity index (χ3n) is 2.02. The van der Waals surface area contributed by atoms with Gasteiger partial charge in [0.1, 0.15) is 0 Å². The van der Waals surface area contributed by atoms with Crippen molar-refractivity contribution in [2.24, 2.45) is 0 Å². The number of hydrogen-bond acceptors (Lipinski definition) is 3. The summed E-state index contributed by atoms with van der Waals surface area (Å²) >= 11 is 0. The molecule has 0 saturated heterocycles. The number of hydrogen-bond donors (Lipinski definition) is 2. The number of fused-ring (bicyclic) bond motifs is 1. The van der Waals surface area contributed by atoms with Crippen molar-refractivity contribution in [3.05, 3.63) is 11.5 Å². The second-order valence-corrected chi connectivity index (χ2v) is 2.86. The van der Waals surface area contributed by atoms with Crippen LogP contribution >= 0.6 is 0 Å². The lowest BCUT2D eigenvalue weighted by Gasteiger charge is -2.06. The number of carboxylic acids is 1. The van der Waals surface area contributed by atoms with E-state index < -0.39 is 5.97 Å². The van der Waals surface area contributed by atoms with Gasteiger partial charge in [0.05, 0.1) is 5.69 Å². The quantitative estimate of drug-likeness (QED) is 0.622. The Morgan fingerprint density at radius 1 is 1.75 bits per heavy atom. The maximum atomic E-state index is 10.5. The summed E-state index contributed by atoms with van der Waals surface area (Å²) in [5.74, 6) is -0.197. The molecule has 1 aliphatic heterocycles. The van der Waals surface area contributed by atoms with Crippen LogP contribution in [0.5, 0.6) is 0 Å². The first-order valence-electron chi connectivity index (χ1n) is 3.72. The minimum absolute atomic E-state index is 0.0338. The molecule has 0 saturated carbocycles. The number of anilines is 1. The second-order valence-electron chi connectivity index (χ2n) is 2.86. The molecule has 0 spiro atoms. The highest BCUT2D eigenvalue weighted by Gasteiger charge is 2.22. The van der Waals surface area contributed by atoms with Gasteiger partial charge in [-0.05, 0) is 0 Å². The van der Waals surface area contributed by atoms with Crippen LogP contribution in [0, 0.1) is 0 Å². The van der Waals surface area contributed by atoms with Crippen molar-refractivity contribution in [3.63, 3.8) is 0 Å². The van der Waals surface area contributed by atoms with Crippen LogP contribution in [0.15, 0.2) is 0 Å². The number of likely N-dealkylation sites (N-methyl/N-ethyl adjacent to an activating group) is 1. The first kappa shape index (κ1) is 7.15. The van der Waals surface area contributed by atoms with Crippen LogP contribution in [0.25, 0.3) is 0 Å². The molecule has 1 aliphatic rings. The summed E-state index contributed by atoms with van der Waals surface area (Å²) in [5.41, 5.74) is 0.926. The lowest BCUT2D eigenvalue weighted by atomic mass is 10.4. The van der Waals surface area contributed by atoms with Crippen molar-refractivity contribution in [2.45, 2.75) is 6.42 Å². The standard InChI is InChI=1S/C7H9N3O2/c1-10-3-2-4-6(10)9-5(8-4)7(11)12/h2-3H2,1H3,(H,8,9)(H,11,12). The van der Waals surface area contributed by atoms with E-state index in [4.69, 9.17) is 5.11 Å². The minimum Gasteiger partial charge on any atom is -0.475 e. The molecule has 0 fully saturated rings. The molecular formula is C7H9N3O2. The van der Waals surface area contributed by atoms with E-state index in [-0.39, 0.29) is 5.82 Å². The van der Waals surface area contributed by atoms with Crippen molar-refractivity contribution < 1.29 is 9.90 Å². The molecule has 1 aromatic heterocycles. The molecule has 5 nitrogen and oxygen atoms in total. The van der Waals surface area contributed by atoms with Gasteiger partial charge < -0.3 is 15.0 Å². The highest BCUT2D eigenvalue weighted by Crippen LogP contribution is 2.23. The lowest BCUT2D eigenvalue weighted by Crippen LogP contribution is -2.14. The van der Waals surface area contributed by atoms with E-state index in [1.165, 1.54) is 0 Å². The first-order valence-corrected chi connectivity index (χ1v) is 3.72. The molecule has 0 unspecified atom stereocenters. The number of nitrogens with zero attached hydrogens (tertiary/aromatic N) is 2. The van der Waals surface area contributed by atoms with Crippen LogP contribution in [-0.2, 0) is 6.42 Å². The number of imidazole rings is 1. The average molecular weight is 167 g/mol. The Bertz CT molecular complexity index is 331. The molecule has 0 aromatic carbocycles. The van der Waals surface area contributed by atoms with Crippen LogP contribution in [0.3, 0.4) is 0 Å². The molecule has 2 heterocycles. The number of carboxylic acid groups (broad SMARTS) is 1. The number of nitrogens with one attached hydrogen (secondary N) is 1. The predicted octanol–water partition coefficient (Wildman–Crippen LogP) is 0.100. The van der Waals surface area contributed by atoms with Crippen LogP contribution < -0.4 is 4.90 Å². The number of aromatic carboxylic acids is 1. The Balaban J connectivity index is 2.43. The average Bonchev–Trinajstić information content (AvgIpc) is 2.53. The molecule has 5 heteroatoms. The largest absolute Gasteiger partial charge is 0.475 e. The van der Waals surface area contributed by atoms with E-state index in [2.05, 4.69) is 9.97 Å². The van der Waals surface area contributed by atoms with Crippen LogP contribution in [0.2, 0.25) is 0 Å². The summed E-state index contributed by atoms with van der Waals surface area (Å²) in [7, 11) is 1.90. The molecule has 1 aromatic rings. The SMILES string of the molecule is CN1CCc2[nH]c(C(=O)O)nc21. The third kappa shape index (κ3) is 0.861. The summed E-state index contributed by atoms with van der Waals surface area (Å²) in [6.45, 7) is 0.911. The predicted molar refractivity (Wildman–Crippen MR) is 42.5 cm³/mol. The first-order chi connectivity index (χ1) is 5.68. The summed E-state index contributed by atoms with van der Waals surface area (Å²) in [6.07, 6.45) is 0.853. The van der Waals surface area contributed by atoms with Crippen molar-refractivity contribution >= 4 is 11.8 Å². The van der Waals surface area contributed by atoms with Gasteiger partial charge in [0.25, 0.3) is 0 Å². The smallest absolute Gasteiger partial charge is 0.371 e. The number of H-pyrrole nitrogens is 1. The van der Waals surface area contributed by atoms with Crippen LogP contribution in [-0.4, -0.2) is 34.6 Å². The lowest BCUT2D eigenvalue weighted by molar-refractivity contribution is 0.0684. The molecule has 0 amide bonds. The maximum absolute atomic E-state index is 10.5. The van der Waals surface area contributed by atoms with Crippen molar-refractivity contribution in [1.29, 1.82) is 0 Å². The summed E-state index contributed by atoms with van der Waals surface area (Å²) in [6, 6.07) is 0. The van der Waals surface area contributed by atoms with Gasteiger partial charge in [0.2, 0.25) is 5.82 Å². The van der Waals surface area contributed by atoms with E-state index in [0.29, 0.717) is 0 Å². The van der Waals surface area contributed by atoms with Gasteiger partial charge in [0.15, 0.2) is 5.82 Å². The van der Waals surface area contributed by atoms with Gasteiger partial charge >= 0.3 is 5.97 Å². The van der Waals surface area contributed by atoms with Gasteiger partial charge in [-0.1, -0.05) is 0 Å². The molecule has 2 rings (SSSR count). The highest BCUT2D eigenvalue weighted by atomic mass is 16.4. The third-order valence-corrected chi connectivity index (χ3v) is 2.02. The minimum atomic E-state index is -1.00. The van der Waals surface area contributed by atoms with E-state index >= 15 is 0 Å². The molecule has 0 bridgehead atoms. The van der Waals surface area contributed by atoms with E-state index in [1.54, 1.807) is 0 Å². The Morgan fingerprint density at radius 3 is 3.08 bits per heavy atom. The van der Waals surface area contributed by atoms with Crippen LogP contribution in [0.1, 0.15) is 16.3 Å². The molecule has 0 atom stereocenters. The number of aromatic nitrogens is 2. The second kappa shape index (κ2) is 2.23. The summed E-state index contributed by atoms with van der Waals surface area (Å²) < 4.78 is 0. The van der Waals surface area contributed by atoms with E-state index in [0.717, 1.165) is 24.5 Å². The van der Waals surface area contributed by atoms with E-state index in [1.807, 2.05) is 11.9 Å². The fraction of sp³-hybridized carbons (Fsp3) is 0.429. The van der Waals surface area contributed by atoms with Crippen molar-refractivity contribution in [1.82, 2.24) is 9.97 Å². The number of rotatable bonds is 1. The zero-order chi connectivity index (χ0) is 8.72. The van der Waals surface area contributed by atoms with E-state index in [9.17, 15) is 4.79 Å². The zero-order valence-corrected chi connectivity index (χ0v) is 6.66. The normalized spacial score (nSPS) is 14.9.